The summed E-state index contributed by atoms with van der Waals surface area (Å²) in [5.74, 6) is -1.89. The maximum absolute atomic E-state index is 13.4. The first kappa shape index (κ1) is 39.1. The summed E-state index contributed by atoms with van der Waals surface area (Å²) in [5.41, 5.74) is -3.89. The van der Waals surface area contributed by atoms with Crippen molar-refractivity contribution in [3.63, 3.8) is 0 Å². The Balaban J connectivity index is 0.000000167. The molecule has 8 aliphatic rings. The van der Waals surface area contributed by atoms with Gasteiger partial charge in [0, 0.05) is 46.3 Å². The second kappa shape index (κ2) is 12.7. The molecule has 1 unspecified atom stereocenters. The van der Waals surface area contributed by atoms with Crippen molar-refractivity contribution in [3.8, 4) is 0 Å². The van der Waals surface area contributed by atoms with Crippen molar-refractivity contribution in [2.24, 2.45) is 69.0 Å². The van der Waals surface area contributed by atoms with E-state index >= 15 is 0 Å². The summed E-state index contributed by atoms with van der Waals surface area (Å²) in [6, 6.07) is 0. The van der Waals surface area contributed by atoms with Crippen molar-refractivity contribution in [1.82, 2.24) is 0 Å². The Bertz CT molecular complexity index is 1720. The molecule has 0 radical (unpaired) electrons. The fraction of sp³-hybridized carbons (Fsp3) is 0.682. The zero-order chi connectivity index (χ0) is 39.6. The lowest BCUT2D eigenvalue weighted by Gasteiger charge is -2.56. The molecule has 0 spiro atoms. The van der Waals surface area contributed by atoms with E-state index in [2.05, 4.69) is 0 Å². The average Bonchev–Trinajstić information content (AvgIpc) is 3.46. The number of hydrogen-bond donors (Lipinski definition) is 4. The lowest BCUT2D eigenvalue weighted by atomic mass is 9.46. The van der Waals surface area contributed by atoms with Crippen molar-refractivity contribution in [1.29, 1.82) is 0 Å². The van der Waals surface area contributed by atoms with E-state index in [1.807, 2.05) is 53.7 Å². The Morgan fingerprint density at radius 2 is 1.00 bits per heavy atom. The molecule has 0 saturated heterocycles. The summed E-state index contributed by atoms with van der Waals surface area (Å²) in [6.45, 7) is 10.1. The number of ketones is 6. The van der Waals surface area contributed by atoms with E-state index < -0.39 is 57.6 Å². The standard InChI is InChI=1S/2C22H28O5/c2*1-12-8-16-15-5-4-13-9-14(24)6-7-20(13,2)19(15)17(25)10-21(16,3)22(12,27)18(26)11-23/h2*6-7,9,12,15-16,19,23,27H,4-5,8,10-11H2,1-3H3/t12?,15-,16-,19+,20-,21-,22-;12-,15-,16-,19+,20-,21-,22-/m00/s1. The number of carbonyl (C=O) groups is 6. The zero-order valence-corrected chi connectivity index (χ0v) is 32.4. The molecule has 8 aliphatic carbocycles. The van der Waals surface area contributed by atoms with Crippen LogP contribution in [0.4, 0.5) is 0 Å². The molecule has 0 heterocycles. The van der Waals surface area contributed by atoms with Crippen LogP contribution < -0.4 is 0 Å². The molecule has 0 aromatic heterocycles. The molecule has 0 aliphatic heterocycles. The molecule has 292 valence electrons. The van der Waals surface area contributed by atoms with Gasteiger partial charge in [-0.2, -0.15) is 0 Å². The van der Waals surface area contributed by atoms with E-state index in [4.69, 9.17) is 0 Å². The van der Waals surface area contributed by atoms with Crippen molar-refractivity contribution < 1.29 is 49.2 Å². The Kier molecular flexibility index (Phi) is 9.16. The highest BCUT2D eigenvalue weighted by atomic mass is 16.3. The predicted molar refractivity (Wildman–Crippen MR) is 197 cm³/mol. The quantitative estimate of drug-likeness (QED) is 0.328. The highest BCUT2D eigenvalue weighted by molar-refractivity contribution is 6.03. The van der Waals surface area contributed by atoms with Crippen molar-refractivity contribution in [3.05, 3.63) is 47.6 Å². The van der Waals surface area contributed by atoms with Gasteiger partial charge in [0.2, 0.25) is 0 Å². The van der Waals surface area contributed by atoms with E-state index in [1.54, 1.807) is 24.3 Å². The van der Waals surface area contributed by atoms with Crippen LogP contribution in [0.3, 0.4) is 0 Å². The van der Waals surface area contributed by atoms with Gasteiger partial charge < -0.3 is 20.4 Å². The average molecular weight is 745 g/mol. The van der Waals surface area contributed by atoms with Gasteiger partial charge in [-0.1, -0.05) is 64.8 Å². The van der Waals surface area contributed by atoms with Crippen LogP contribution in [0.5, 0.6) is 0 Å². The lowest BCUT2D eigenvalue weighted by Crippen LogP contribution is -2.61. The predicted octanol–water partition coefficient (Wildman–Crippen LogP) is 4.02. The number of Topliss-reactive ketones (excluding diaryl/α,β-unsaturated/α-hetero) is 4. The fourth-order valence-corrected chi connectivity index (χ4v) is 14.2. The molecule has 6 saturated carbocycles. The third kappa shape index (κ3) is 4.91. The Labute approximate surface area is 317 Å². The first-order valence-electron chi connectivity index (χ1n) is 19.9. The summed E-state index contributed by atoms with van der Waals surface area (Å²) >= 11 is 0. The van der Waals surface area contributed by atoms with Crippen LogP contribution in [0.2, 0.25) is 0 Å². The summed E-state index contributed by atoms with van der Waals surface area (Å²) in [7, 11) is 0. The Morgan fingerprint density at radius 1 is 0.648 bits per heavy atom. The van der Waals surface area contributed by atoms with Gasteiger partial charge >= 0.3 is 0 Å². The first-order chi connectivity index (χ1) is 25.2. The number of aliphatic hydroxyl groups excluding tert-OH is 2. The van der Waals surface area contributed by atoms with Gasteiger partial charge in [0.1, 0.15) is 36.0 Å². The van der Waals surface area contributed by atoms with Crippen molar-refractivity contribution in [2.75, 3.05) is 13.2 Å². The molecule has 0 bridgehead atoms. The SMILES string of the molecule is CC1C[C@H]2[C@@H]3CCC4=CC(=O)C=C[C@]4(C)[C@H]3C(=O)C[C@]2(C)[C@@]1(O)C(=O)CO.C[C@H]1C[C@H]2[C@@H]3CCC4=CC(=O)C=C[C@]4(C)[C@H]3C(=O)C[C@]2(C)[C@@]1(O)C(=O)CO. The molecule has 0 aromatic carbocycles. The summed E-state index contributed by atoms with van der Waals surface area (Å²) in [5, 5.41) is 41.7. The largest absolute Gasteiger partial charge is 0.388 e. The molecule has 8 rings (SSSR count). The highest BCUT2D eigenvalue weighted by Crippen LogP contribution is 2.69. The summed E-state index contributed by atoms with van der Waals surface area (Å²) < 4.78 is 0. The van der Waals surface area contributed by atoms with Crippen molar-refractivity contribution in [2.45, 2.75) is 104 Å². The molecule has 10 nitrogen and oxygen atoms in total. The first-order valence-corrected chi connectivity index (χ1v) is 19.9. The smallest absolute Gasteiger partial charge is 0.190 e. The number of allylic oxidation sites excluding steroid dienone is 8. The fourth-order valence-electron chi connectivity index (χ4n) is 14.2. The van der Waals surface area contributed by atoms with Crippen LogP contribution in [0, 0.1) is 69.0 Å². The van der Waals surface area contributed by atoms with Crippen molar-refractivity contribution >= 4 is 34.7 Å². The molecular weight excluding hydrogens is 688 g/mol. The molecule has 14 atom stereocenters. The number of hydrogen-bond acceptors (Lipinski definition) is 10. The Hall–Kier alpha value is -3.18. The molecular formula is C44H56O10. The molecule has 0 amide bonds. The van der Waals surface area contributed by atoms with E-state index in [0.717, 1.165) is 36.8 Å². The van der Waals surface area contributed by atoms with E-state index in [1.165, 1.54) is 0 Å². The van der Waals surface area contributed by atoms with Crippen LogP contribution in [-0.4, -0.2) is 79.5 Å². The van der Waals surface area contributed by atoms with E-state index in [0.29, 0.717) is 12.8 Å². The summed E-state index contributed by atoms with van der Waals surface area (Å²) in [4.78, 5) is 75.5. The maximum atomic E-state index is 13.4. The van der Waals surface area contributed by atoms with Crippen LogP contribution >= 0.6 is 0 Å². The molecule has 4 N–H and O–H groups in total. The third-order valence-corrected chi connectivity index (χ3v) is 16.8. The zero-order valence-electron chi connectivity index (χ0n) is 32.4. The minimum atomic E-state index is -1.66. The summed E-state index contributed by atoms with van der Waals surface area (Å²) in [6.07, 6.45) is 15.0. The van der Waals surface area contributed by atoms with Gasteiger partial charge in [0.05, 0.1) is 0 Å². The van der Waals surface area contributed by atoms with Gasteiger partial charge in [0.15, 0.2) is 23.1 Å². The number of aliphatic hydroxyl groups is 4. The second-order valence-corrected chi connectivity index (χ2v) is 19.0. The van der Waals surface area contributed by atoms with E-state index in [9.17, 15) is 49.2 Å². The number of rotatable bonds is 4. The van der Waals surface area contributed by atoms with Gasteiger partial charge in [-0.15, -0.1) is 0 Å². The molecule has 10 heteroatoms. The monoisotopic (exact) mass is 744 g/mol. The molecule has 54 heavy (non-hydrogen) atoms. The van der Waals surface area contributed by atoms with Crippen LogP contribution in [0.1, 0.15) is 92.9 Å². The van der Waals surface area contributed by atoms with Crippen LogP contribution in [-0.2, 0) is 28.8 Å². The maximum Gasteiger partial charge on any atom is 0.190 e. The number of fused-ring (bicyclic) bond motifs is 10. The lowest BCUT2D eigenvalue weighted by molar-refractivity contribution is -0.174. The van der Waals surface area contributed by atoms with Crippen LogP contribution in [0.25, 0.3) is 0 Å². The highest BCUT2D eigenvalue weighted by Gasteiger charge is 2.72. The minimum absolute atomic E-state index is 0.0218. The molecule has 6 fully saturated rings. The Morgan fingerprint density at radius 3 is 1.33 bits per heavy atom. The van der Waals surface area contributed by atoms with Gasteiger partial charge in [0.25, 0.3) is 0 Å². The van der Waals surface area contributed by atoms with Gasteiger partial charge in [-0.25, -0.2) is 0 Å². The topological polar surface area (TPSA) is 183 Å². The second-order valence-electron chi connectivity index (χ2n) is 19.0. The molecule has 0 aromatic rings. The third-order valence-electron chi connectivity index (χ3n) is 16.8. The number of carbonyl (C=O) groups excluding carboxylic acids is 6. The minimum Gasteiger partial charge on any atom is -0.388 e. The van der Waals surface area contributed by atoms with Gasteiger partial charge in [-0.3, -0.25) is 28.8 Å². The van der Waals surface area contributed by atoms with Crippen LogP contribution in [0.15, 0.2) is 47.6 Å². The van der Waals surface area contributed by atoms with E-state index in [-0.39, 0.29) is 83.3 Å². The van der Waals surface area contributed by atoms with Gasteiger partial charge in [-0.05, 0) is 98.3 Å². The normalized spacial score (nSPS) is 48.6.